The fourth-order valence-electron chi connectivity index (χ4n) is 2.39. The lowest BCUT2D eigenvalue weighted by atomic mass is 10.1. The molecule has 0 N–H and O–H groups in total. The standard InChI is InChI=1S/C18H19N3O/c1-2-21(13-16-9-11-22-14-16)18-8-10-19-17(20-18)12-15-6-4-3-5-7-15/h3-11,14H,2,12-13H2,1H3. The topological polar surface area (TPSA) is 42.2 Å². The Hall–Kier alpha value is -2.62. The summed E-state index contributed by atoms with van der Waals surface area (Å²) in [5.41, 5.74) is 2.36. The third kappa shape index (κ3) is 3.52. The molecule has 4 nitrogen and oxygen atoms in total. The van der Waals surface area contributed by atoms with Gasteiger partial charge in [-0.1, -0.05) is 30.3 Å². The van der Waals surface area contributed by atoms with Crippen LogP contribution >= 0.6 is 0 Å². The summed E-state index contributed by atoms with van der Waals surface area (Å²) in [5, 5.41) is 0. The third-order valence-corrected chi connectivity index (χ3v) is 3.56. The Morgan fingerprint density at radius 2 is 1.91 bits per heavy atom. The molecule has 0 aliphatic rings. The first kappa shape index (κ1) is 14.3. The lowest BCUT2D eigenvalue weighted by Crippen LogP contribution is -2.23. The van der Waals surface area contributed by atoms with Gasteiger partial charge in [0.2, 0.25) is 0 Å². The first-order valence-electron chi connectivity index (χ1n) is 7.47. The van der Waals surface area contributed by atoms with Crippen LogP contribution in [-0.4, -0.2) is 16.5 Å². The Bertz CT molecular complexity index is 695. The molecule has 0 saturated heterocycles. The highest BCUT2D eigenvalue weighted by molar-refractivity contribution is 5.38. The normalized spacial score (nSPS) is 10.6. The molecule has 0 amide bonds. The average molecular weight is 293 g/mol. The van der Waals surface area contributed by atoms with Crippen LogP contribution in [0, 0.1) is 0 Å². The number of hydrogen-bond acceptors (Lipinski definition) is 4. The maximum atomic E-state index is 5.14. The molecule has 0 aliphatic carbocycles. The van der Waals surface area contributed by atoms with E-state index in [0.717, 1.165) is 36.7 Å². The second-order valence-electron chi connectivity index (χ2n) is 5.14. The zero-order chi connectivity index (χ0) is 15.2. The van der Waals surface area contributed by atoms with E-state index in [0.29, 0.717) is 0 Å². The van der Waals surface area contributed by atoms with Gasteiger partial charge in [0.1, 0.15) is 11.6 Å². The van der Waals surface area contributed by atoms with Crippen LogP contribution in [0.15, 0.2) is 65.6 Å². The quantitative estimate of drug-likeness (QED) is 0.695. The smallest absolute Gasteiger partial charge is 0.135 e. The predicted octanol–water partition coefficient (Wildman–Crippen LogP) is 3.69. The molecule has 4 heteroatoms. The maximum Gasteiger partial charge on any atom is 0.135 e. The van der Waals surface area contributed by atoms with Crippen molar-refractivity contribution in [2.75, 3.05) is 11.4 Å². The Kier molecular flexibility index (Phi) is 4.49. The molecule has 3 aromatic rings. The molecule has 0 bridgehead atoms. The summed E-state index contributed by atoms with van der Waals surface area (Å²) in [4.78, 5) is 11.3. The van der Waals surface area contributed by atoms with Gasteiger partial charge in [0.15, 0.2) is 0 Å². The van der Waals surface area contributed by atoms with Crippen molar-refractivity contribution in [3.8, 4) is 0 Å². The monoisotopic (exact) mass is 293 g/mol. The average Bonchev–Trinajstić information content (AvgIpc) is 3.07. The molecule has 22 heavy (non-hydrogen) atoms. The molecule has 0 spiro atoms. The van der Waals surface area contributed by atoms with Crippen molar-refractivity contribution >= 4 is 5.82 Å². The van der Waals surface area contributed by atoms with Crippen LogP contribution in [0.25, 0.3) is 0 Å². The third-order valence-electron chi connectivity index (χ3n) is 3.56. The molecular weight excluding hydrogens is 274 g/mol. The van der Waals surface area contributed by atoms with Gasteiger partial charge >= 0.3 is 0 Å². The Morgan fingerprint density at radius 1 is 1.05 bits per heavy atom. The van der Waals surface area contributed by atoms with Gasteiger partial charge in [0.05, 0.1) is 12.5 Å². The van der Waals surface area contributed by atoms with Gasteiger partial charge < -0.3 is 9.32 Å². The molecule has 0 unspecified atom stereocenters. The molecule has 112 valence electrons. The van der Waals surface area contributed by atoms with Crippen molar-refractivity contribution in [1.82, 2.24) is 9.97 Å². The van der Waals surface area contributed by atoms with Crippen molar-refractivity contribution < 1.29 is 4.42 Å². The lowest BCUT2D eigenvalue weighted by molar-refractivity contribution is 0.563. The molecule has 0 radical (unpaired) electrons. The van der Waals surface area contributed by atoms with E-state index < -0.39 is 0 Å². The first-order chi connectivity index (χ1) is 10.8. The predicted molar refractivity (Wildman–Crippen MR) is 86.7 cm³/mol. The van der Waals surface area contributed by atoms with Crippen molar-refractivity contribution in [2.45, 2.75) is 19.9 Å². The van der Waals surface area contributed by atoms with Gasteiger partial charge in [-0.25, -0.2) is 9.97 Å². The molecule has 3 rings (SSSR count). The zero-order valence-corrected chi connectivity index (χ0v) is 12.6. The van der Waals surface area contributed by atoms with E-state index in [-0.39, 0.29) is 0 Å². The van der Waals surface area contributed by atoms with Crippen LogP contribution in [0.2, 0.25) is 0 Å². The Labute approximate surface area is 130 Å². The SMILES string of the molecule is CCN(Cc1ccoc1)c1ccnc(Cc2ccccc2)n1. The molecular formula is C18H19N3O. The van der Waals surface area contributed by atoms with Crippen molar-refractivity contribution in [2.24, 2.45) is 0 Å². The first-order valence-corrected chi connectivity index (χ1v) is 7.47. The molecule has 2 aromatic heterocycles. The van der Waals surface area contributed by atoms with E-state index in [1.807, 2.05) is 36.5 Å². The van der Waals surface area contributed by atoms with Gasteiger partial charge in [-0.2, -0.15) is 0 Å². The summed E-state index contributed by atoms with van der Waals surface area (Å²) >= 11 is 0. The number of furan rings is 1. The van der Waals surface area contributed by atoms with E-state index in [4.69, 9.17) is 9.40 Å². The molecule has 0 fully saturated rings. The fourth-order valence-corrected chi connectivity index (χ4v) is 2.39. The highest BCUT2D eigenvalue weighted by Gasteiger charge is 2.09. The number of hydrogen-bond donors (Lipinski definition) is 0. The van der Waals surface area contributed by atoms with E-state index in [1.54, 1.807) is 12.5 Å². The van der Waals surface area contributed by atoms with Gasteiger partial charge in [0, 0.05) is 31.3 Å². The summed E-state index contributed by atoms with van der Waals surface area (Å²) in [6.07, 6.45) is 6.05. The van der Waals surface area contributed by atoms with Crippen LogP contribution in [-0.2, 0) is 13.0 Å². The summed E-state index contributed by atoms with van der Waals surface area (Å²) in [7, 11) is 0. The summed E-state index contributed by atoms with van der Waals surface area (Å²) < 4.78 is 5.14. The van der Waals surface area contributed by atoms with Crippen molar-refractivity contribution in [3.05, 3.63) is 78.1 Å². The highest BCUT2D eigenvalue weighted by atomic mass is 16.3. The highest BCUT2D eigenvalue weighted by Crippen LogP contribution is 2.15. The van der Waals surface area contributed by atoms with Crippen molar-refractivity contribution in [3.63, 3.8) is 0 Å². The van der Waals surface area contributed by atoms with E-state index in [9.17, 15) is 0 Å². The van der Waals surface area contributed by atoms with Gasteiger partial charge in [0.25, 0.3) is 0 Å². The van der Waals surface area contributed by atoms with Gasteiger partial charge in [-0.15, -0.1) is 0 Å². The van der Waals surface area contributed by atoms with Crippen LogP contribution in [0.4, 0.5) is 5.82 Å². The maximum absolute atomic E-state index is 5.14. The minimum Gasteiger partial charge on any atom is -0.472 e. The van der Waals surface area contributed by atoms with Crippen molar-refractivity contribution in [1.29, 1.82) is 0 Å². The Balaban J connectivity index is 1.77. The number of rotatable bonds is 6. The summed E-state index contributed by atoms with van der Waals surface area (Å²) in [6, 6.07) is 14.2. The Morgan fingerprint density at radius 3 is 2.64 bits per heavy atom. The second kappa shape index (κ2) is 6.89. The zero-order valence-electron chi connectivity index (χ0n) is 12.6. The molecule has 0 saturated carbocycles. The number of anilines is 1. The van der Waals surface area contributed by atoms with Crippen LogP contribution < -0.4 is 4.90 Å². The largest absolute Gasteiger partial charge is 0.472 e. The number of benzene rings is 1. The molecule has 2 heterocycles. The summed E-state index contributed by atoms with van der Waals surface area (Å²) in [5.74, 6) is 1.79. The number of aromatic nitrogens is 2. The minimum absolute atomic E-state index is 0.748. The van der Waals surface area contributed by atoms with Crippen LogP contribution in [0.1, 0.15) is 23.9 Å². The van der Waals surface area contributed by atoms with Gasteiger partial charge in [-0.05, 0) is 24.6 Å². The summed E-state index contributed by atoms with van der Waals surface area (Å²) in [6.45, 7) is 3.79. The van der Waals surface area contributed by atoms with Gasteiger partial charge in [-0.3, -0.25) is 0 Å². The van der Waals surface area contributed by atoms with Crippen LogP contribution in [0.5, 0.6) is 0 Å². The van der Waals surface area contributed by atoms with E-state index >= 15 is 0 Å². The lowest BCUT2D eigenvalue weighted by Gasteiger charge is -2.21. The van der Waals surface area contributed by atoms with E-state index in [1.165, 1.54) is 5.56 Å². The van der Waals surface area contributed by atoms with E-state index in [2.05, 4.69) is 28.9 Å². The fraction of sp³-hybridized carbons (Fsp3) is 0.222. The molecule has 1 aromatic carbocycles. The second-order valence-corrected chi connectivity index (χ2v) is 5.14. The van der Waals surface area contributed by atoms with Crippen LogP contribution in [0.3, 0.4) is 0 Å². The molecule has 0 aliphatic heterocycles. The molecule has 0 atom stereocenters. The number of nitrogens with zero attached hydrogens (tertiary/aromatic N) is 3. The minimum atomic E-state index is 0.748.